The lowest BCUT2D eigenvalue weighted by Crippen LogP contribution is -2.51. The van der Waals surface area contributed by atoms with Gasteiger partial charge in [0.15, 0.2) is 0 Å². The van der Waals surface area contributed by atoms with Crippen LogP contribution in [0.2, 0.25) is 0 Å². The number of halogens is 1. The molecule has 142 valence electrons. The number of imide groups is 1. The summed E-state index contributed by atoms with van der Waals surface area (Å²) in [5.41, 5.74) is 4.88. The van der Waals surface area contributed by atoms with E-state index in [9.17, 15) is 9.59 Å². The van der Waals surface area contributed by atoms with Crippen molar-refractivity contribution in [1.29, 1.82) is 0 Å². The average Bonchev–Trinajstić information content (AvgIpc) is 3.01. The molecule has 1 fully saturated rings. The Morgan fingerprint density at radius 1 is 0.793 bits per heavy atom. The number of hydrogen-bond acceptors (Lipinski definition) is 2. The van der Waals surface area contributed by atoms with Crippen molar-refractivity contribution in [2.45, 2.75) is 18.3 Å². The van der Waals surface area contributed by atoms with Gasteiger partial charge in [0.2, 0.25) is 11.8 Å². The molecule has 2 bridgehead atoms. The molecule has 0 aromatic heterocycles. The first-order valence-electron chi connectivity index (χ1n) is 9.85. The van der Waals surface area contributed by atoms with Gasteiger partial charge in [0.25, 0.3) is 0 Å². The summed E-state index contributed by atoms with van der Waals surface area (Å²) < 4.78 is 0.921. The largest absolute Gasteiger partial charge is 0.274 e. The highest BCUT2D eigenvalue weighted by Gasteiger charge is 2.66. The molecule has 0 unspecified atom stereocenters. The molecule has 0 spiro atoms. The molecule has 4 heteroatoms. The maximum absolute atomic E-state index is 13.7. The van der Waals surface area contributed by atoms with Gasteiger partial charge in [0.1, 0.15) is 0 Å². The van der Waals surface area contributed by atoms with E-state index in [4.69, 9.17) is 0 Å². The number of carbonyl (C=O) groups is 2. The number of nitrogens with zero attached hydrogens (tertiary/aromatic N) is 1. The van der Waals surface area contributed by atoms with Gasteiger partial charge in [-0.3, -0.25) is 9.59 Å². The van der Waals surface area contributed by atoms with Crippen LogP contribution in [0.4, 0.5) is 5.69 Å². The van der Waals surface area contributed by atoms with E-state index in [0.29, 0.717) is 5.69 Å². The lowest BCUT2D eigenvalue weighted by Gasteiger charge is -2.52. The highest BCUT2D eigenvalue weighted by molar-refractivity contribution is 9.10. The Balaban J connectivity index is 1.61. The minimum Gasteiger partial charge on any atom is -0.274 e. The number of rotatable bonds is 1. The molecule has 3 aromatic rings. The predicted octanol–water partition coefficient (Wildman–Crippen LogP) is 5.02. The van der Waals surface area contributed by atoms with Crippen LogP contribution in [0, 0.1) is 11.8 Å². The van der Waals surface area contributed by atoms with Crippen molar-refractivity contribution >= 4 is 33.4 Å². The van der Waals surface area contributed by atoms with Crippen LogP contribution in [0.3, 0.4) is 0 Å². The Hall–Kier alpha value is -2.72. The van der Waals surface area contributed by atoms with Gasteiger partial charge in [-0.25, -0.2) is 4.90 Å². The number of anilines is 1. The van der Waals surface area contributed by atoms with Crippen molar-refractivity contribution in [1.82, 2.24) is 0 Å². The fraction of sp³-hybridized carbons (Fsp3) is 0.200. The van der Waals surface area contributed by atoms with E-state index < -0.39 is 5.41 Å². The first kappa shape index (κ1) is 17.2. The minimum atomic E-state index is -0.510. The van der Waals surface area contributed by atoms with E-state index >= 15 is 0 Å². The normalized spacial score (nSPS) is 28.9. The molecule has 29 heavy (non-hydrogen) atoms. The lowest BCUT2D eigenvalue weighted by atomic mass is 9.48. The van der Waals surface area contributed by atoms with Crippen molar-refractivity contribution in [3.8, 4) is 0 Å². The number of hydrogen-bond donors (Lipinski definition) is 0. The second-order valence-electron chi connectivity index (χ2n) is 8.35. The molecule has 3 aromatic carbocycles. The summed E-state index contributed by atoms with van der Waals surface area (Å²) in [6.07, 6.45) is 0. The molecule has 1 aliphatic heterocycles. The first-order chi connectivity index (χ1) is 14.0. The molecule has 2 amide bonds. The van der Waals surface area contributed by atoms with Crippen LogP contribution in [0.1, 0.15) is 35.1 Å². The Morgan fingerprint density at radius 2 is 1.34 bits per heavy atom. The molecule has 0 radical (unpaired) electrons. The van der Waals surface area contributed by atoms with Crippen LogP contribution >= 0.6 is 15.9 Å². The standard InChI is InChI=1S/C25H18BrNO2/c1-25-18-8-4-2-6-16(18)20(17-7-3-5-9-19(17)25)21-22(25)24(29)27(23(21)28)15-12-10-14(26)11-13-15/h2-13,20-22H,1H3/t20?,21-,22+,25?/m0/s1. The van der Waals surface area contributed by atoms with Crippen LogP contribution in [0.25, 0.3) is 0 Å². The van der Waals surface area contributed by atoms with Gasteiger partial charge >= 0.3 is 0 Å². The molecular formula is C25H18BrNO2. The number of benzene rings is 3. The summed E-state index contributed by atoms with van der Waals surface area (Å²) in [7, 11) is 0. The maximum atomic E-state index is 13.7. The summed E-state index contributed by atoms with van der Waals surface area (Å²) in [6, 6.07) is 24.1. The van der Waals surface area contributed by atoms with Crippen LogP contribution in [0.5, 0.6) is 0 Å². The third-order valence-corrected chi connectivity index (χ3v) is 7.66. The Kier molecular flexibility index (Phi) is 3.35. The minimum absolute atomic E-state index is 0.0777. The Bertz CT molecular complexity index is 1150. The third-order valence-electron chi connectivity index (χ3n) is 7.13. The van der Waals surface area contributed by atoms with Crippen LogP contribution < -0.4 is 4.90 Å². The lowest BCUT2D eigenvalue weighted by molar-refractivity contribution is -0.123. The predicted molar refractivity (Wildman–Crippen MR) is 115 cm³/mol. The van der Waals surface area contributed by atoms with Gasteiger partial charge in [-0.05, 0) is 46.5 Å². The second-order valence-corrected chi connectivity index (χ2v) is 9.26. The van der Waals surface area contributed by atoms with E-state index in [0.717, 1.165) is 4.47 Å². The van der Waals surface area contributed by atoms with Crippen molar-refractivity contribution in [3.63, 3.8) is 0 Å². The van der Waals surface area contributed by atoms with Gasteiger partial charge in [-0.2, -0.15) is 0 Å². The van der Waals surface area contributed by atoms with Gasteiger partial charge in [0.05, 0.1) is 17.5 Å². The summed E-state index contributed by atoms with van der Waals surface area (Å²) in [4.78, 5) is 28.8. The molecule has 2 atom stereocenters. The van der Waals surface area contributed by atoms with Gasteiger partial charge in [-0.15, -0.1) is 0 Å². The van der Waals surface area contributed by atoms with Crippen LogP contribution in [0.15, 0.2) is 77.3 Å². The molecule has 3 nitrogen and oxygen atoms in total. The zero-order chi connectivity index (χ0) is 19.9. The van der Waals surface area contributed by atoms with Crippen molar-refractivity contribution in [3.05, 3.63) is 99.5 Å². The molecule has 1 heterocycles. The van der Waals surface area contributed by atoms with Gasteiger partial charge in [0, 0.05) is 15.8 Å². The van der Waals surface area contributed by atoms with E-state index in [1.54, 1.807) is 0 Å². The highest BCUT2D eigenvalue weighted by Crippen LogP contribution is 2.64. The number of amides is 2. The Morgan fingerprint density at radius 3 is 1.93 bits per heavy atom. The topological polar surface area (TPSA) is 37.4 Å². The quantitative estimate of drug-likeness (QED) is 0.495. The van der Waals surface area contributed by atoms with E-state index in [1.807, 2.05) is 48.5 Å². The molecule has 1 saturated heterocycles. The molecule has 0 saturated carbocycles. The van der Waals surface area contributed by atoms with E-state index in [-0.39, 0.29) is 29.6 Å². The third kappa shape index (κ3) is 1.98. The molecule has 3 aliphatic carbocycles. The average molecular weight is 444 g/mol. The summed E-state index contributed by atoms with van der Waals surface area (Å²) in [5, 5.41) is 0. The smallest absolute Gasteiger partial charge is 0.238 e. The first-order valence-corrected chi connectivity index (χ1v) is 10.6. The van der Waals surface area contributed by atoms with E-state index in [1.165, 1.54) is 27.2 Å². The summed E-state index contributed by atoms with van der Waals surface area (Å²) in [5.74, 6) is -0.984. The fourth-order valence-electron chi connectivity index (χ4n) is 6.00. The van der Waals surface area contributed by atoms with Crippen LogP contribution in [-0.2, 0) is 15.0 Å². The highest BCUT2D eigenvalue weighted by atomic mass is 79.9. The maximum Gasteiger partial charge on any atom is 0.238 e. The summed E-state index contributed by atoms with van der Waals surface area (Å²) >= 11 is 3.43. The SMILES string of the molecule is CC12c3ccccc3C(c3ccccc31)[C@@H]1C(=O)N(c3ccc(Br)cc3)C(=O)[C@@H]12. The summed E-state index contributed by atoms with van der Waals surface area (Å²) in [6.45, 7) is 2.15. The molecule has 4 aliphatic rings. The second kappa shape index (κ2) is 5.67. The fourth-order valence-corrected chi connectivity index (χ4v) is 6.26. The van der Waals surface area contributed by atoms with Crippen LogP contribution in [-0.4, -0.2) is 11.8 Å². The van der Waals surface area contributed by atoms with Crippen molar-refractivity contribution < 1.29 is 9.59 Å². The van der Waals surface area contributed by atoms with Crippen molar-refractivity contribution in [2.75, 3.05) is 4.90 Å². The van der Waals surface area contributed by atoms with Crippen molar-refractivity contribution in [2.24, 2.45) is 11.8 Å². The van der Waals surface area contributed by atoms with E-state index in [2.05, 4.69) is 47.1 Å². The number of carbonyl (C=O) groups excluding carboxylic acids is 2. The molecule has 0 N–H and O–H groups in total. The monoisotopic (exact) mass is 443 g/mol. The van der Waals surface area contributed by atoms with Gasteiger partial charge in [-0.1, -0.05) is 71.4 Å². The zero-order valence-electron chi connectivity index (χ0n) is 15.8. The zero-order valence-corrected chi connectivity index (χ0v) is 17.4. The molecular weight excluding hydrogens is 426 g/mol. The molecule has 7 rings (SSSR count). The Labute approximate surface area is 177 Å². The van der Waals surface area contributed by atoms with Gasteiger partial charge < -0.3 is 0 Å².